The van der Waals surface area contributed by atoms with Crippen LogP contribution in [-0.2, 0) is 17.5 Å². The Balaban J connectivity index is 1.49. The average Bonchev–Trinajstić information content (AvgIpc) is 3.28. The lowest BCUT2D eigenvalue weighted by molar-refractivity contribution is -0.139. The highest BCUT2D eigenvalue weighted by Gasteiger charge is 2.37. The summed E-state index contributed by atoms with van der Waals surface area (Å²) in [6.07, 6.45) is -0.442. The summed E-state index contributed by atoms with van der Waals surface area (Å²) in [7, 11) is 0. The van der Waals surface area contributed by atoms with E-state index in [1.54, 1.807) is 6.07 Å². The van der Waals surface area contributed by atoms with Gasteiger partial charge in [0.2, 0.25) is 0 Å². The maximum Gasteiger partial charge on any atom is 0.416 e. The lowest BCUT2D eigenvalue weighted by Gasteiger charge is -2.43. The van der Waals surface area contributed by atoms with E-state index in [0.717, 1.165) is 25.5 Å². The fourth-order valence-electron chi connectivity index (χ4n) is 3.41. The molecular formula is C18H23F3N2O2. The molecule has 1 aromatic carbocycles. The molecule has 0 heterocycles. The van der Waals surface area contributed by atoms with Gasteiger partial charge in [-0.2, -0.15) is 13.2 Å². The van der Waals surface area contributed by atoms with E-state index in [-0.39, 0.29) is 30.7 Å². The van der Waals surface area contributed by atoms with Crippen molar-refractivity contribution in [2.45, 2.75) is 50.5 Å². The topological polar surface area (TPSA) is 52.6 Å². The van der Waals surface area contributed by atoms with Crippen molar-refractivity contribution >= 4 is 5.97 Å². The van der Waals surface area contributed by atoms with Crippen LogP contribution in [-0.4, -0.2) is 41.1 Å². The summed E-state index contributed by atoms with van der Waals surface area (Å²) in [6.45, 7) is 1.04. The second-order valence-corrected chi connectivity index (χ2v) is 7.12. The molecule has 7 heteroatoms. The molecule has 2 aliphatic rings. The zero-order valence-corrected chi connectivity index (χ0v) is 13.9. The highest BCUT2D eigenvalue weighted by atomic mass is 19.4. The maximum absolute atomic E-state index is 13.0. The molecule has 0 atom stereocenters. The van der Waals surface area contributed by atoms with Crippen molar-refractivity contribution in [3.8, 4) is 0 Å². The van der Waals surface area contributed by atoms with E-state index >= 15 is 0 Å². The Bertz CT molecular complexity index is 611. The highest BCUT2D eigenvalue weighted by molar-refractivity contribution is 5.69. The molecule has 0 saturated heterocycles. The Morgan fingerprint density at radius 1 is 1.24 bits per heavy atom. The molecule has 0 bridgehead atoms. The molecule has 2 N–H and O–H groups in total. The molecule has 2 aliphatic carbocycles. The third kappa shape index (κ3) is 4.95. The Hall–Kier alpha value is -1.60. The van der Waals surface area contributed by atoms with Crippen LogP contribution >= 0.6 is 0 Å². The van der Waals surface area contributed by atoms with Crippen LogP contribution in [0.5, 0.6) is 0 Å². The fourth-order valence-corrected chi connectivity index (χ4v) is 3.41. The maximum atomic E-state index is 13.0. The van der Waals surface area contributed by atoms with Crippen LogP contribution in [0.2, 0.25) is 0 Å². The molecule has 0 aliphatic heterocycles. The molecule has 0 aromatic heterocycles. The van der Waals surface area contributed by atoms with Gasteiger partial charge in [0.25, 0.3) is 0 Å². The number of carboxylic acids is 1. The van der Waals surface area contributed by atoms with E-state index in [1.165, 1.54) is 25.0 Å². The largest absolute Gasteiger partial charge is 0.480 e. The second-order valence-electron chi connectivity index (χ2n) is 7.12. The van der Waals surface area contributed by atoms with Crippen molar-refractivity contribution in [2.75, 3.05) is 13.1 Å². The highest BCUT2D eigenvalue weighted by Crippen LogP contribution is 2.35. The third-order valence-electron chi connectivity index (χ3n) is 5.06. The fraction of sp³-hybridized carbons (Fsp3) is 0.611. The van der Waals surface area contributed by atoms with Crippen molar-refractivity contribution < 1.29 is 23.1 Å². The molecule has 2 saturated carbocycles. The number of nitrogens with one attached hydrogen (secondary N) is 1. The van der Waals surface area contributed by atoms with E-state index in [9.17, 15) is 18.0 Å². The summed E-state index contributed by atoms with van der Waals surface area (Å²) in [5.41, 5.74) is -0.349. The Morgan fingerprint density at radius 2 is 1.92 bits per heavy atom. The predicted molar refractivity (Wildman–Crippen MR) is 87.0 cm³/mol. The molecule has 0 spiro atoms. The summed E-state index contributed by atoms with van der Waals surface area (Å²) >= 11 is 0. The normalized spacial score (nSPS) is 23.5. The van der Waals surface area contributed by atoms with Crippen molar-refractivity contribution in [3.63, 3.8) is 0 Å². The van der Waals surface area contributed by atoms with E-state index in [2.05, 4.69) is 5.32 Å². The zero-order valence-electron chi connectivity index (χ0n) is 13.9. The molecule has 0 amide bonds. The number of halogens is 3. The number of nitrogens with zero attached hydrogens (tertiary/aromatic N) is 1. The quantitative estimate of drug-likeness (QED) is 0.751. The van der Waals surface area contributed by atoms with Gasteiger partial charge in [0.15, 0.2) is 0 Å². The minimum Gasteiger partial charge on any atom is -0.480 e. The number of aliphatic carboxylic acids is 1. The lowest BCUT2D eigenvalue weighted by Crippen LogP contribution is -2.54. The summed E-state index contributed by atoms with van der Waals surface area (Å²) in [6, 6.07) is 5.96. The molecule has 0 unspecified atom stereocenters. The van der Waals surface area contributed by atoms with Gasteiger partial charge >= 0.3 is 12.1 Å². The Labute approximate surface area is 145 Å². The van der Waals surface area contributed by atoms with Crippen LogP contribution in [0.4, 0.5) is 13.2 Å². The number of hydrogen-bond acceptors (Lipinski definition) is 3. The van der Waals surface area contributed by atoms with Crippen molar-refractivity contribution in [1.82, 2.24) is 10.2 Å². The van der Waals surface area contributed by atoms with Crippen LogP contribution in [0.3, 0.4) is 0 Å². The minimum absolute atomic E-state index is 0.0464. The van der Waals surface area contributed by atoms with E-state index in [1.807, 2.05) is 4.90 Å². The summed E-state index contributed by atoms with van der Waals surface area (Å²) in [5, 5.41) is 12.2. The predicted octanol–water partition coefficient (Wildman–Crippen LogP) is 3.12. The number of rotatable bonds is 8. The molecule has 138 valence electrons. The molecular weight excluding hydrogens is 333 g/mol. The van der Waals surface area contributed by atoms with Gasteiger partial charge in [-0.05, 0) is 43.2 Å². The number of hydrogen-bond donors (Lipinski definition) is 2. The van der Waals surface area contributed by atoms with Crippen LogP contribution in [0, 0.1) is 5.92 Å². The van der Waals surface area contributed by atoms with Gasteiger partial charge in [-0.25, -0.2) is 0 Å². The molecule has 25 heavy (non-hydrogen) atoms. The van der Waals surface area contributed by atoms with E-state index < -0.39 is 17.7 Å². The van der Waals surface area contributed by atoms with Gasteiger partial charge < -0.3 is 10.4 Å². The van der Waals surface area contributed by atoms with Crippen LogP contribution < -0.4 is 5.32 Å². The first-order valence-corrected chi connectivity index (χ1v) is 8.67. The van der Waals surface area contributed by atoms with Crippen LogP contribution in [0.25, 0.3) is 0 Å². The van der Waals surface area contributed by atoms with Crippen molar-refractivity contribution in [3.05, 3.63) is 35.4 Å². The van der Waals surface area contributed by atoms with Crippen molar-refractivity contribution in [1.29, 1.82) is 0 Å². The minimum atomic E-state index is -4.34. The van der Waals surface area contributed by atoms with Gasteiger partial charge in [-0.1, -0.05) is 18.2 Å². The SMILES string of the molecule is O=C(O)CN(CC1CC1)C1CC(NCc2ccccc2C(F)(F)F)C1. The number of carboxylic acid groups (broad SMARTS) is 1. The monoisotopic (exact) mass is 356 g/mol. The number of alkyl halides is 3. The van der Waals surface area contributed by atoms with E-state index in [4.69, 9.17) is 5.11 Å². The first kappa shape index (κ1) is 18.2. The van der Waals surface area contributed by atoms with Gasteiger partial charge in [-0.15, -0.1) is 0 Å². The van der Waals surface area contributed by atoms with E-state index in [0.29, 0.717) is 5.92 Å². The lowest BCUT2D eigenvalue weighted by atomic mass is 9.85. The standard InChI is InChI=1S/C18H23F3N2O2/c19-18(20,21)16-4-2-1-3-13(16)9-22-14-7-15(8-14)23(11-17(24)25)10-12-5-6-12/h1-4,12,14-15,22H,5-11H2,(H,24,25). The smallest absolute Gasteiger partial charge is 0.416 e. The van der Waals surface area contributed by atoms with Crippen molar-refractivity contribution in [2.24, 2.45) is 5.92 Å². The Kier molecular flexibility index (Phi) is 5.34. The zero-order chi connectivity index (χ0) is 18.0. The first-order valence-electron chi connectivity index (χ1n) is 8.67. The Morgan fingerprint density at radius 3 is 2.52 bits per heavy atom. The molecule has 0 radical (unpaired) electrons. The number of carbonyl (C=O) groups is 1. The summed E-state index contributed by atoms with van der Waals surface area (Å²) in [5.74, 6) is -0.207. The van der Waals surface area contributed by atoms with Crippen LogP contribution in [0.1, 0.15) is 36.8 Å². The molecule has 1 aromatic rings. The number of benzene rings is 1. The van der Waals surface area contributed by atoms with Crippen LogP contribution in [0.15, 0.2) is 24.3 Å². The summed E-state index contributed by atoms with van der Waals surface area (Å²) in [4.78, 5) is 13.0. The summed E-state index contributed by atoms with van der Waals surface area (Å²) < 4.78 is 39.0. The molecule has 2 fully saturated rings. The first-order chi connectivity index (χ1) is 11.8. The molecule has 4 nitrogen and oxygen atoms in total. The average molecular weight is 356 g/mol. The van der Waals surface area contributed by atoms with Gasteiger partial charge in [0, 0.05) is 25.2 Å². The van der Waals surface area contributed by atoms with Gasteiger partial charge in [-0.3, -0.25) is 9.69 Å². The molecule has 3 rings (SSSR count). The third-order valence-corrected chi connectivity index (χ3v) is 5.06. The second kappa shape index (κ2) is 7.33. The van der Waals surface area contributed by atoms with Gasteiger partial charge in [0.05, 0.1) is 12.1 Å². The van der Waals surface area contributed by atoms with Gasteiger partial charge in [0.1, 0.15) is 0 Å².